The second-order valence-corrected chi connectivity index (χ2v) is 4.47. The van der Waals surface area contributed by atoms with Gasteiger partial charge in [0.05, 0.1) is 29.7 Å². The molecule has 19 heavy (non-hydrogen) atoms. The van der Waals surface area contributed by atoms with Crippen molar-refractivity contribution in [1.29, 1.82) is 0 Å². The zero-order valence-electron chi connectivity index (χ0n) is 10.3. The molecule has 0 radical (unpaired) electrons. The molecule has 0 aliphatic heterocycles. The molecule has 0 aliphatic rings. The average molecular weight is 283 g/mol. The van der Waals surface area contributed by atoms with E-state index in [1.54, 1.807) is 19.2 Å². The Labute approximate surface area is 113 Å². The molecule has 0 fully saturated rings. The van der Waals surface area contributed by atoms with Crippen molar-refractivity contribution in [2.75, 3.05) is 7.11 Å². The van der Waals surface area contributed by atoms with E-state index >= 15 is 0 Å². The summed E-state index contributed by atoms with van der Waals surface area (Å²) in [6.45, 7) is 1.78. The van der Waals surface area contributed by atoms with Crippen LogP contribution in [0.15, 0.2) is 24.4 Å². The number of alkyl halides is 1. The second kappa shape index (κ2) is 5.23. The van der Waals surface area contributed by atoms with Gasteiger partial charge in [-0.1, -0.05) is 5.21 Å². The van der Waals surface area contributed by atoms with Gasteiger partial charge in [-0.2, -0.15) is 0 Å². The van der Waals surface area contributed by atoms with Gasteiger partial charge in [0, 0.05) is 6.07 Å². The number of benzene rings is 1. The molecule has 0 amide bonds. The molecule has 2 aromatic rings. The maximum absolute atomic E-state index is 10.7. The molecule has 2 rings (SSSR count). The first kappa shape index (κ1) is 13.3. The van der Waals surface area contributed by atoms with Crippen LogP contribution in [0.3, 0.4) is 0 Å². The van der Waals surface area contributed by atoms with Crippen LogP contribution in [0.5, 0.6) is 5.75 Å². The van der Waals surface area contributed by atoms with Crippen molar-refractivity contribution in [3.63, 3.8) is 0 Å². The number of non-ortho nitro benzene ring substituents is 1. The van der Waals surface area contributed by atoms with E-state index in [-0.39, 0.29) is 11.1 Å². The van der Waals surface area contributed by atoms with E-state index in [1.165, 1.54) is 23.9 Å². The van der Waals surface area contributed by atoms with Crippen LogP contribution in [0, 0.1) is 10.1 Å². The minimum Gasteiger partial charge on any atom is -0.494 e. The van der Waals surface area contributed by atoms with Gasteiger partial charge in [-0.15, -0.1) is 16.7 Å². The van der Waals surface area contributed by atoms with Crippen molar-refractivity contribution >= 4 is 17.3 Å². The van der Waals surface area contributed by atoms with E-state index in [2.05, 4.69) is 10.3 Å². The first-order valence-electron chi connectivity index (χ1n) is 5.42. The van der Waals surface area contributed by atoms with E-state index in [1.807, 2.05) is 0 Å². The van der Waals surface area contributed by atoms with E-state index in [0.29, 0.717) is 17.1 Å². The molecule has 0 saturated heterocycles. The topological polar surface area (TPSA) is 83.1 Å². The Hall–Kier alpha value is -2.15. The van der Waals surface area contributed by atoms with E-state index in [0.717, 1.165) is 0 Å². The highest BCUT2D eigenvalue weighted by Gasteiger charge is 2.15. The predicted molar refractivity (Wildman–Crippen MR) is 68.8 cm³/mol. The molecule has 0 aliphatic carbocycles. The fourth-order valence-electron chi connectivity index (χ4n) is 1.55. The van der Waals surface area contributed by atoms with Gasteiger partial charge in [-0.25, -0.2) is 4.68 Å². The van der Waals surface area contributed by atoms with Crippen LogP contribution in [0.2, 0.25) is 0 Å². The number of halogens is 1. The molecular weight excluding hydrogens is 272 g/mol. The number of aromatic nitrogens is 3. The van der Waals surface area contributed by atoms with Gasteiger partial charge >= 0.3 is 0 Å². The van der Waals surface area contributed by atoms with Crippen LogP contribution >= 0.6 is 11.6 Å². The Morgan fingerprint density at radius 2 is 2.26 bits per heavy atom. The molecule has 0 bridgehead atoms. The zero-order valence-corrected chi connectivity index (χ0v) is 11.0. The minimum absolute atomic E-state index is 0.0494. The maximum atomic E-state index is 10.7. The van der Waals surface area contributed by atoms with Crippen LogP contribution in [0.25, 0.3) is 5.69 Å². The quantitative estimate of drug-likeness (QED) is 0.489. The monoisotopic (exact) mass is 282 g/mol. The molecule has 0 saturated carbocycles. The number of hydrogen-bond acceptors (Lipinski definition) is 5. The van der Waals surface area contributed by atoms with Gasteiger partial charge in [-0.3, -0.25) is 10.1 Å². The average Bonchev–Trinajstić information content (AvgIpc) is 2.87. The first-order valence-corrected chi connectivity index (χ1v) is 5.85. The standard InChI is InChI=1S/C11H11ClN4O3/c1-7(12)9-6-15(14-13-9)10-4-3-8(16(17)18)5-11(10)19-2/h3-7H,1-2H3. The van der Waals surface area contributed by atoms with Gasteiger partial charge < -0.3 is 4.74 Å². The number of nitro groups is 1. The van der Waals surface area contributed by atoms with E-state index in [9.17, 15) is 10.1 Å². The highest BCUT2D eigenvalue weighted by molar-refractivity contribution is 6.20. The molecule has 1 unspecified atom stereocenters. The summed E-state index contributed by atoms with van der Waals surface area (Å²) in [5.41, 5.74) is 1.12. The summed E-state index contributed by atoms with van der Waals surface area (Å²) in [5, 5.41) is 18.3. The Morgan fingerprint density at radius 1 is 1.53 bits per heavy atom. The zero-order chi connectivity index (χ0) is 14.0. The SMILES string of the molecule is COc1cc([N+](=O)[O-])ccc1-n1cc(C(C)Cl)nn1. The molecule has 100 valence electrons. The van der Waals surface area contributed by atoms with Crippen LogP contribution in [0.1, 0.15) is 18.0 Å². The van der Waals surface area contributed by atoms with Crippen LogP contribution < -0.4 is 4.74 Å². The Kier molecular flexibility index (Phi) is 3.66. The molecule has 8 heteroatoms. The van der Waals surface area contributed by atoms with Crippen molar-refractivity contribution in [2.24, 2.45) is 0 Å². The third-order valence-electron chi connectivity index (χ3n) is 2.54. The van der Waals surface area contributed by atoms with E-state index < -0.39 is 4.92 Å². The van der Waals surface area contributed by atoms with Crippen LogP contribution in [0.4, 0.5) is 5.69 Å². The second-order valence-electron chi connectivity index (χ2n) is 3.82. The summed E-state index contributed by atoms with van der Waals surface area (Å²) in [4.78, 5) is 10.2. The van der Waals surface area contributed by atoms with Gasteiger partial charge in [0.2, 0.25) is 0 Å². The number of hydrogen-bond donors (Lipinski definition) is 0. The first-order chi connectivity index (χ1) is 9.02. The normalized spacial score (nSPS) is 12.2. The fourth-order valence-corrected chi connectivity index (χ4v) is 1.65. The number of ether oxygens (including phenoxy) is 1. The molecule has 7 nitrogen and oxygen atoms in total. The molecule has 0 spiro atoms. The van der Waals surface area contributed by atoms with Crippen LogP contribution in [-0.2, 0) is 0 Å². The minimum atomic E-state index is -0.486. The lowest BCUT2D eigenvalue weighted by Gasteiger charge is -2.07. The maximum Gasteiger partial charge on any atom is 0.273 e. The van der Waals surface area contributed by atoms with Gasteiger partial charge in [0.25, 0.3) is 5.69 Å². The summed E-state index contributed by atoms with van der Waals surface area (Å²) in [6.07, 6.45) is 1.65. The lowest BCUT2D eigenvalue weighted by Crippen LogP contribution is -2.00. The number of nitrogens with zero attached hydrogens (tertiary/aromatic N) is 4. The van der Waals surface area contributed by atoms with Gasteiger partial charge in [0.1, 0.15) is 11.4 Å². The summed E-state index contributed by atoms with van der Waals surface area (Å²) in [6, 6.07) is 4.26. The smallest absolute Gasteiger partial charge is 0.273 e. The van der Waals surface area contributed by atoms with Crippen molar-refractivity contribution in [1.82, 2.24) is 15.0 Å². The summed E-state index contributed by atoms with van der Waals surface area (Å²) < 4.78 is 6.60. The molecule has 0 N–H and O–H groups in total. The molecular formula is C11H11ClN4O3. The molecule has 1 heterocycles. The molecule has 1 aromatic heterocycles. The number of rotatable bonds is 4. The van der Waals surface area contributed by atoms with Crippen LogP contribution in [-0.4, -0.2) is 27.0 Å². The third-order valence-corrected chi connectivity index (χ3v) is 2.76. The molecule has 1 atom stereocenters. The van der Waals surface area contributed by atoms with Crippen molar-refractivity contribution in [2.45, 2.75) is 12.3 Å². The van der Waals surface area contributed by atoms with Crippen molar-refractivity contribution in [3.05, 3.63) is 40.2 Å². The Bertz CT molecular complexity index is 612. The van der Waals surface area contributed by atoms with Crippen molar-refractivity contribution in [3.8, 4) is 11.4 Å². The van der Waals surface area contributed by atoms with Gasteiger partial charge in [-0.05, 0) is 13.0 Å². The Morgan fingerprint density at radius 3 is 2.79 bits per heavy atom. The highest BCUT2D eigenvalue weighted by atomic mass is 35.5. The lowest BCUT2D eigenvalue weighted by molar-refractivity contribution is -0.384. The fraction of sp³-hybridized carbons (Fsp3) is 0.273. The lowest BCUT2D eigenvalue weighted by atomic mass is 10.2. The Balaban J connectivity index is 2.46. The van der Waals surface area contributed by atoms with E-state index in [4.69, 9.17) is 16.3 Å². The van der Waals surface area contributed by atoms with Crippen molar-refractivity contribution < 1.29 is 9.66 Å². The summed E-state index contributed by atoms with van der Waals surface area (Å²) >= 11 is 5.91. The highest BCUT2D eigenvalue weighted by Crippen LogP contribution is 2.28. The largest absolute Gasteiger partial charge is 0.494 e. The number of nitro benzene ring substituents is 1. The molecule has 1 aromatic carbocycles. The van der Waals surface area contributed by atoms with Gasteiger partial charge in [0.15, 0.2) is 5.75 Å². The summed E-state index contributed by atoms with van der Waals surface area (Å²) in [7, 11) is 1.44. The predicted octanol–water partition coefficient (Wildman–Crippen LogP) is 2.48. The number of methoxy groups -OCH3 is 1. The third kappa shape index (κ3) is 2.65. The summed E-state index contributed by atoms with van der Waals surface area (Å²) in [5.74, 6) is 0.341.